The van der Waals surface area contributed by atoms with Crippen molar-refractivity contribution in [3.05, 3.63) is 81.3 Å². The van der Waals surface area contributed by atoms with Crippen LogP contribution in [0.5, 0.6) is 0 Å². The molecule has 0 aliphatic carbocycles. The standard InChI is InChI=1S/C20H15ClN2O2S/c21-17-9-5-4-8-14(17)15-10-18(24)23-19(16(15)11-22)26-12-20(23,25)13-6-2-1-3-7-13/h1-9,15,25H,10,12H2/t15-,20+/m1/s1. The second kappa shape index (κ2) is 6.48. The van der Waals surface area contributed by atoms with Gasteiger partial charge in [-0.25, -0.2) is 0 Å². The van der Waals surface area contributed by atoms with Crippen molar-refractivity contribution in [2.45, 2.75) is 18.1 Å². The van der Waals surface area contributed by atoms with Gasteiger partial charge in [-0.15, -0.1) is 11.8 Å². The van der Waals surface area contributed by atoms with Crippen LogP contribution >= 0.6 is 23.4 Å². The van der Waals surface area contributed by atoms with E-state index in [1.54, 1.807) is 18.2 Å². The van der Waals surface area contributed by atoms with Crippen molar-refractivity contribution in [2.24, 2.45) is 0 Å². The molecule has 26 heavy (non-hydrogen) atoms. The highest BCUT2D eigenvalue weighted by Gasteiger charge is 2.51. The Hall–Kier alpha value is -2.26. The summed E-state index contributed by atoms with van der Waals surface area (Å²) in [5.41, 5.74) is 0.451. The lowest BCUT2D eigenvalue weighted by Crippen LogP contribution is -2.48. The summed E-state index contributed by atoms with van der Waals surface area (Å²) in [7, 11) is 0. The average molecular weight is 383 g/mol. The molecule has 4 nitrogen and oxygen atoms in total. The van der Waals surface area contributed by atoms with E-state index in [0.29, 0.717) is 26.9 Å². The first kappa shape index (κ1) is 17.2. The van der Waals surface area contributed by atoms with Gasteiger partial charge < -0.3 is 5.11 Å². The third kappa shape index (κ3) is 2.53. The number of nitrogens with zero attached hydrogens (tertiary/aromatic N) is 2. The number of aliphatic hydroxyl groups is 1. The average Bonchev–Trinajstić information content (AvgIpc) is 3.02. The quantitative estimate of drug-likeness (QED) is 0.853. The number of amides is 1. The molecule has 2 aromatic rings. The van der Waals surface area contributed by atoms with E-state index >= 15 is 0 Å². The zero-order chi connectivity index (χ0) is 18.3. The molecule has 1 amide bonds. The summed E-state index contributed by atoms with van der Waals surface area (Å²) in [4.78, 5) is 14.4. The molecule has 6 heteroatoms. The van der Waals surface area contributed by atoms with Crippen LogP contribution in [-0.2, 0) is 10.5 Å². The van der Waals surface area contributed by atoms with Gasteiger partial charge in [-0.2, -0.15) is 5.26 Å². The molecule has 130 valence electrons. The Bertz CT molecular complexity index is 954. The number of benzene rings is 2. The fraction of sp³-hybridized carbons (Fsp3) is 0.200. The van der Waals surface area contributed by atoms with Crippen LogP contribution in [0.25, 0.3) is 0 Å². The van der Waals surface area contributed by atoms with Gasteiger partial charge in [0.2, 0.25) is 5.91 Å². The Morgan fingerprint density at radius 3 is 2.58 bits per heavy atom. The smallest absolute Gasteiger partial charge is 0.231 e. The number of carbonyl (C=O) groups excluding carboxylic acids is 1. The van der Waals surface area contributed by atoms with Crippen LogP contribution in [0.4, 0.5) is 0 Å². The highest BCUT2D eigenvalue weighted by Crippen LogP contribution is 2.52. The molecular weight excluding hydrogens is 368 g/mol. The summed E-state index contributed by atoms with van der Waals surface area (Å²) < 4.78 is 0. The van der Waals surface area contributed by atoms with Gasteiger partial charge in [0.05, 0.1) is 22.4 Å². The van der Waals surface area contributed by atoms with Gasteiger partial charge in [0, 0.05) is 22.9 Å². The number of thioether (sulfide) groups is 1. The molecule has 1 N–H and O–H groups in total. The number of carbonyl (C=O) groups is 1. The predicted octanol–water partition coefficient (Wildman–Crippen LogP) is 3.98. The maximum Gasteiger partial charge on any atom is 0.231 e. The molecule has 2 aliphatic heterocycles. The zero-order valence-corrected chi connectivity index (χ0v) is 15.3. The van der Waals surface area contributed by atoms with Crippen molar-refractivity contribution in [3.8, 4) is 6.07 Å². The Labute approximate surface area is 160 Å². The van der Waals surface area contributed by atoms with Crippen molar-refractivity contribution in [3.63, 3.8) is 0 Å². The lowest BCUT2D eigenvalue weighted by molar-refractivity contribution is -0.149. The van der Waals surface area contributed by atoms with Crippen molar-refractivity contribution >= 4 is 29.3 Å². The number of rotatable bonds is 2. The Morgan fingerprint density at radius 2 is 1.88 bits per heavy atom. The maximum absolute atomic E-state index is 13.0. The molecule has 0 radical (unpaired) electrons. The molecule has 0 bridgehead atoms. The largest absolute Gasteiger partial charge is 0.366 e. The van der Waals surface area contributed by atoms with Gasteiger partial charge in [0.1, 0.15) is 0 Å². The minimum atomic E-state index is -1.44. The second-order valence-electron chi connectivity index (χ2n) is 6.31. The van der Waals surface area contributed by atoms with E-state index in [1.807, 2.05) is 36.4 Å². The summed E-state index contributed by atoms with van der Waals surface area (Å²) in [6.07, 6.45) is 0.103. The Balaban J connectivity index is 1.84. The number of fused-ring (bicyclic) bond motifs is 1. The first-order valence-corrected chi connectivity index (χ1v) is 9.55. The minimum Gasteiger partial charge on any atom is -0.366 e. The van der Waals surface area contributed by atoms with Gasteiger partial charge in [0.15, 0.2) is 5.72 Å². The van der Waals surface area contributed by atoms with Crippen molar-refractivity contribution < 1.29 is 9.90 Å². The molecular formula is C20H15ClN2O2S. The van der Waals surface area contributed by atoms with E-state index in [-0.39, 0.29) is 12.3 Å². The van der Waals surface area contributed by atoms with Gasteiger partial charge in [0.25, 0.3) is 0 Å². The van der Waals surface area contributed by atoms with Crippen molar-refractivity contribution in [2.75, 3.05) is 5.75 Å². The molecule has 0 aromatic heterocycles. The third-order valence-corrected chi connectivity index (χ3v) is 6.39. The summed E-state index contributed by atoms with van der Waals surface area (Å²) >= 11 is 7.65. The minimum absolute atomic E-state index is 0.103. The SMILES string of the molecule is N#CC1=C2SC[C@](O)(c3ccccc3)N2C(=O)C[C@@H]1c1ccccc1Cl. The summed E-state index contributed by atoms with van der Waals surface area (Å²) in [5.74, 6) is -0.309. The summed E-state index contributed by atoms with van der Waals surface area (Å²) in [6.45, 7) is 0. The number of hydrogen-bond acceptors (Lipinski definition) is 4. The monoisotopic (exact) mass is 382 g/mol. The molecule has 4 rings (SSSR count). The van der Waals surface area contributed by atoms with Crippen LogP contribution < -0.4 is 0 Å². The maximum atomic E-state index is 13.0. The lowest BCUT2D eigenvalue weighted by atomic mass is 9.85. The molecule has 0 spiro atoms. The Kier molecular flexibility index (Phi) is 4.28. The van der Waals surface area contributed by atoms with E-state index in [9.17, 15) is 15.2 Å². The first-order chi connectivity index (χ1) is 12.6. The van der Waals surface area contributed by atoms with Crippen LogP contribution in [0.2, 0.25) is 5.02 Å². The predicted molar refractivity (Wildman–Crippen MR) is 101 cm³/mol. The highest BCUT2D eigenvalue weighted by atomic mass is 35.5. The fourth-order valence-corrected chi connectivity index (χ4v) is 5.19. The second-order valence-corrected chi connectivity index (χ2v) is 7.68. The van der Waals surface area contributed by atoms with Gasteiger partial charge in [-0.05, 0) is 11.6 Å². The van der Waals surface area contributed by atoms with Crippen LogP contribution in [0, 0.1) is 11.3 Å². The van der Waals surface area contributed by atoms with Crippen LogP contribution in [-0.4, -0.2) is 21.7 Å². The van der Waals surface area contributed by atoms with Crippen LogP contribution in [0.3, 0.4) is 0 Å². The number of allylic oxidation sites excluding steroid dienone is 1. The normalized spacial score (nSPS) is 25.2. The van der Waals surface area contributed by atoms with Crippen molar-refractivity contribution in [1.82, 2.24) is 4.90 Å². The third-order valence-electron chi connectivity index (χ3n) is 4.83. The zero-order valence-electron chi connectivity index (χ0n) is 13.7. The van der Waals surface area contributed by atoms with Crippen LogP contribution in [0.1, 0.15) is 23.5 Å². The molecule has 1 fully saturated rings. The summed E-state index contributed by atoms with van der Waals surface area (Å²) in [5, 5.41) is 22.1. The molecule has 2 aromatic carbocycles. The molecule has 0 unspecified atom stereocenters. The van der Waals surface area contributed by atoms with Gasteiger partial charge >= 0.3 is 0 Å². The Morgan fingerprint density at radius 1 is 1.19 bits per heavy atom. The van der Waals surface area contributed by atoms with Crippen LogP contribution in [0.15, 0.2) is 65.2 Å². The summed E-state index contributed by atoms with van der Waals surface area (Å²) in [6, 6.07) is 18.6. The molecule has 2 atom stereocenters. The highest BCUT2D eigenvalue weighted by molar-refractivity contribution is 8.03. The molecule has 0 saturated carbocycles. The fourth-order valence-electron chi connectivity index (χ4n) is 3.57. The topological polar surface area (TPSA) is 64.3 Å². The molecule has 2 heterocycles. The van der Waals surface area contributed by atoms with Gasteiger partial charge in [-0.3, -0.25) is 9.69 Å². The molecule has 2 aliphatic rings. The van der Waals surface area contributed by atoms with E-state index in [2.05, 4.69) is 6.07 Å². The number of nitriles is 1. The molecule has 1 saturated heterocycles. The van der Waals surface area contributed by atoms with E-state index in [1.165, 1.54) is 16.7 Å². The van der Waals surface area contributed by atoms with E-state index in [4.69, 9.17) is 11.6 Å². The van der Waals surface area contributed by atoms with E-state index in [0.717, 1.165) is 5.56 Å². The number of hydrogen-bond donors (Lipinski definition) is 1. The van der Waals surface area contributed by atoms with Gasteiger partial charge in [-0.1, -0.05) is 60.1 Å². The van der Waals surface area contributed by atoms with Crippen molar-refractivity contribution in [1.29, 1.82) is 5.26 Å². The lowest BCUT2D eigenvalue weighted by Gasteiger charge is -2.38. The number of halogens is 1. The first-order valence-electron chi connectivity index (χ1n) is 8.18. The van der Waals surface area contributed by atoms with E-state index < -0.39 is 11.6 Å².